The maximum Gasteiger partial charge on any atom is 0.0649 e. The molecule has 0 bridgehead atoms. The van der Waals surface area contributed by atoms with Gasteiger partial charge in [0.25, 0.3) is 0 Å². The van der Waals surface area contributed by atoms with Crippen LogP contribution in [0.4, 0.5) is 5.69 Å². The molecular weight excluding hydrogens is 258 g/mol. The molecule has 2 rings (SSSR count). The van der Waals surface area contributed by atoms with Crippen molar-refractivity contribution in [2.45, 2.75) is 24.8 Å². The van der Waals surface area contributed by atoms with E-state index in [1.165, 1.54) is 26.4 Å². The molecule has 0 aromatic heterocycles. The largest absolute Gasteiger partial charge is 0.369 e. The number of hydrogen-bond acceptors (Lipinski definition) is 2. The van der Waals surface area contributed by atoms with E-state index in [0.29, 0.717) is 6.04 Å². The predicted octanol–water partition coefficient (Wildman–Crippen LogP) is 3.69. The summed E-state index contributed by atoms with van der Waals surface area (Å²) < 4.78 is 1.22. The Bertz CT molecular complexity index is 365. The fraction of sp³-hybridized carbons (Fsp3) is 0.455. The highest BCUT2D eigenvalue weighted by Gasteiger charge is 2.22. The number of nitrogens with zero attached hydrogens (tertiary/aromatic N) is 1. The summed E-state index contributed by atoms with van der Waals surface area (Å²) in [5.41, 5.74) is 2.67. The smallest absolute Gasteiger partial charge is 0.0649 e. The van der Waals surface area contributed by atoms with Crippen molar-refractivity contribution in [3.05, 3.63) is 22.2 Å². The SMILES string of the molecule is Cc1cc(Br)c2c(c1)SCC(C)N2C. The fourth-order valence-electron chi connectivity index (χ4n) is 1.70. The normalized spacial score (nSPS) is 20.9. The molecule has 0 fully saturated rings. The lowest BCUT2D eigenvalue weighted by Crippen LogP contribution is -2.34. The van der Waals surface area contributed by atoms with Gasteiger partial charge < -0.3 is 4.90 Å². The van der Waals surface area contributed by atoms with Gasteiger partial charge in [-0.05, 0) is 47.5 Å². The zero-order valence-electron chi connectivity index (χ0n) is 8.67. The summed E-state index contributed by atoms with van der Waals surface area (Å²) >= 11 is 5.60. The Balaban J connectivity index is 2.54. The first kappa shape index (κ1) is 10.4. The Hall–Kier alpha value is -0.150. The summed E-state index contributed by atoms with van der Waals surface area (Å²) in [6, 6.07) is 5.08. The molecule has 3 heteroatoms. The standard InChI is InChI=1S/C11H14BrNS/c1-7-4-9(12)11-10(5-7)14-6-8(2)13(11)3/h4-5,8H,6H2,1-3H3. The molecular formula is C11H14BrNS. The van der Waals surface area contributed by atoms with Gasteiger partial charge in [0.15, 0.2) is 0 Å². The third-order valence-corrected chi connectivity index (χ3v) is 4.54. The van der Waals surface area contributed by atoms with E-state index in [1.54, 1.807) is 0 Å². The second-order valence-electron chi connectivity index (χ2n) is 3.86. The summed E-state index contributed by atoms with van der Waals surface area (Å²) in [6.07, 6.45) is 0. The lowest BCUT2D eigenvalue weighted by atomic mass is 10.2. The molecule has 1 aromatic carbocycles. The van der Waals surface area contributed by atoms with Gasteiger partial charge >= 0.3 is 0 Å². The summed E-state index contributed by atoms with van der Waals surface area (Å²) in [4.78, 5) is 3.76. The van der Waals surface area contributed by atoms with Gasteiger partial charge in [0, 0.05) is 28.2 Å². The van der Waals surface area contributed by atoms with E-state index >= 15 is 0 Å². The van der Waals surface area contributed by atoms with Gasteiger partial charge in [-0.25, -0.2) is 0 Å². The van der Waals surface area contributed by atoms with Crippen LogP contribution in [0.3, 0.4) is 0 Å². The highest BCUT2D eigenvalue weighted by atomic mass is 79.9. The monoisotopic (exact) mass is 271 g/mol. The number of hydrogen-bond donors (Lipinski definition) is 0. The minimum Gasteiger partial charge on any atom is -0.369 e. The Morgan fingerprint density at radius 2 is 2.21 bits per heavy atom. The van der Waals surface area contributed by atoms with Crippen LogP contribution in [0.2, 0.25) is 0 Å². The van der Waals surface area contributed by atoms with Crippen LogP contribution in [0.15, 0.2) is 21.5 Å². The van der Waals surface area contributed by atoms with Crippen LogP contribution in [0, 0.1) is 6.92 Å². The van der Waals surface area contributed by atoms with Crippen LogP contribution < -0.4 is 4.90 Å². The maximum atomic E-state index is 3.65. The van der Waals surface area contributed by atoms with E-state index in [4.69, 9.17) is 0 Å². The first-order chi connectivity index (χ1) is 6.59. The van der Waals surface area contributed by atoms with E-state index in [2.05, 4.69) is 53.9 Å². The van der Waals surface area contributed by atoms with Crippen molar-refractivity contribution in [1.82, 2.24) is 0 Å². The average molecular weight is 272 g/mol. The second kappa shape index (κ2) is 3.78. The summed E-state index contributed by atoms with van der Waals surface area (Å²) in [7, 11) is 2.17. The Kier molecular flexibility index (Phi) is 2.80. The van der Waals surface area contributed by atoms with E-state index in [1.807, 2.05) is 11.8 Å². The molecule has 1 aliphatic rings. The molecule has 76 valence electrons. The van der Waals surface area contributed by atoms with Gasteiger partial charge in [-0.2, -0.15) is 0 Å². The molecule has 0 N–H and O–H groups in total. The van der Waals surface area contributed by atoms with E-state index < -0.39 is 0 Å². The average Bonchev–Trinajstić information content (AvgIpc) is 2.10. The Morgan fingerprint density at radius 3 is 2.93 bits per heavy atom. The first-order valence-electron chi connectivity index (χ1n) is 4.75. The van der Waals surface area contributed by atoms with Crippen molar-refractivity contribution in [2.75, 3.05) is 17.7 Å². The van der Waals surface area contributed by atoms with Crippen LogP contribution >= 0.6 is 27.7 Å². The summed E-state index contributed by atoms with van der Waals surface area (Å²) in [5, 5.41) is 0. The van der Waals surface area contributed by atoms with Crippen molar-refractivity contribution in [2.24, 2.45) is 0 Å². The fourth-order valence-corrected chi connectivity index (χ4v) is 3.99. The van der Waals surface area contributed by atoms with Crippen LogP contribution in [-0.4, -0.2) is 18.8 Å². The van der Waals surface area contributed by atoms with E-state index in [0.717, 1.165) is 0 Å². The zero-order chi connectivity index (χ0) is 10.3. The Labute approximate surface area is 98.0 Å². The second-order valence-corrected chi connectivity index (χ2v) is 5.78. The molecule has 0 saturated heterocycles. The highest BCUT2D eigenvalue weighted by Crippen LogP contribution is 2.42. The number of benzene rings is 1. The van der Waals surface area contributed by atoms with Crippen molar-refractivity contribution in [1.29, 1.82) is 0 Å². The van der Waals surface area contributed by atoms with Gasteiger partial charge in [0.05, 0.1) is 5.69 Å². The minimum absolute atomic E-state index is 0.617. The van der Waals surface area contributed by atoms with E-state index in [-0.39, 0.29) is 0 Å². The van der Waals surface area contributed by atoms with Crippen LogP contribution in [0.25, 0.3) is 0 Å². The van der Waals surface area contributed by atoms with Crippen molar-refractivity contribution < 1.29 is 0 Å². The molecule has 1 aromatic rings. The molecule has 1 aliphatic heterocycles. The molecule has 0 spiro atoms. The molecule has 0 aliphatic carbocycles. The molecule has 14 heavy (non-hydrogen) atoms. The first-order valence-corrected chi connectivity index (χ1v) is 6.53. The molecule has 1 nitrogen and oxygen atoms in total. The lowest BCUT2D eigenvalue weighted by molar-refractivity contribution is 0.745. The van der Waals surface area contributed by atoms with Gasteiger partial charge in [-0.15, -0.1) is 11.8 Å². The summed E-state index contributed by atoms with van der Waals surface area (Å²) in [6.45, 7) is 4.41. The van der Waals surface area contributed by atoms with Gasteiger partial charge in [-0.3, -0.25) is 0 Å². The Morgan fingerprint density at radius 1 is 1.50 bits per heavy atom. The third kappa shape index (κ3) is 1.68. The van der Waals surface area contributed by atoms with Crippen molar-refractivity contribution in [3.63, 3.8) is 0 Å². The van der Waals surface area contributed by atoms with Crippen LogP contribution in [0.5, 0.6) is 0 Å². The van der Waals surface area contributed by atoms with Gasteiger partial charge in [-0.1, -0.05) is 0 Å². The molecule has 1 unspecified atom stereocenters. The van der Waals surface area contributed by atoms with Crippen molar-refractivity contribution in [3.8, 4) is 0 Å². The van der Waals surface area contributed by atoms with Gasteiger partial charge in [0.1, 0.15) is 0 Å². The number of rotatable bonds is 0. The zero-order valence-corrected chi connectivity index (χ0v) is 11.1. The number of fused-ring (bicyclic) bond motifs is 1. The number of aryl methyl sites for hydroxylation is 1. The minimum atomic E-state index is 0.617. The van der Waals surface area contributed by atoms with Crippen molar-refractivity contribution >= 4 is 33.4 Å². The molecule has 0 radical (unpaired) electrons. The van der Waals surface area contributed by atoms with E-state index in [9.17, 15) is 0 Å². The number of anilines is 1. The molecule has 1 heterocycles. The highest BCUT2D eigenvalue weighted by molar-refractivity contribution is 9.10. The van der Waals surface area contributed by atoms with Crippen LogP contribution in [-0.2, 0) is 0 Å². The quantitative estimate of drug-likeness (QED) is 0.708. The molecule has 1 atom stereocenters. The maximum absolute atomic E-state index is 3.65. The van der Waals surface area contributed by atoms with Crippen LogP contribution in [0.1, 0.15) is 12.5 Å². The predicted molar refractivity (Wildman–Crippen MR) is 67.5 cm³/mol. The van der Waals surface area contributed by atoms with Gasteiger partial charge in [0.2, 0.25) is 0 Å². The summed E-state index contributed by atoms with van der Waals surface area (Å²) in [5.74, 6) is 1.18. The number of thioether (sulfide) groups is 1. The lowest BCUT2D eigenvalue weighted by Gasteiger charge is -2.34. The molecule has 0 amide bonds. The topological polar surface area (TPSA) is 3.24 Å². The molecule has 0 saturated carbocycles. The third-order valence-electron chi connectivity index (χ3n) is 2.67. The number of halogens is 1.